The molecule has 1 atom stereocenters. The maximum atomic E-state index is 12.2. The van der Waals surface area contributed by atoms with E-state index in [9.17, 15) is 18.0 Å². The van der Waals surface area contributed by atoms with Crippen LogP contribution in [-0.2, 0) is 26.6 Å². The van der Waals surface area contributed by atoms with E-state index in [1.807, 2.05) is 0 Å². The number of hydrogen-bond donors (Lipinski definition) is 2. The van der Waals surface area contributed by atoms with E-state index in [1.54, 1.807) is 20.9 Å². The van der Waals surface area contributed by atoms with Gasteiger partial charge in [0.25, 0.3) is 5.91 Å². The molecular formula is C17H22N4O5S. The van der Waals surface area contributed by atoms with Crippen molar-refractivity contribution in [2.24, 2.45) is 7.05 Å². The van der Waals surface area contributed by atoms with Crippen LogP contribution in [0.4, 0.5) is 5.69 Å². The van der Waals surface area contributed by atoms with Gasteiger partial charge in [-0.25, -0.2) is 17.9 Å². The Labute approximate surface area is 157 Å². The lowest BCUT2D eigenvalue weighted by atomic mass is 10.3. The van der Waals surface area contributed by atoms with Crippen LogP contribution in [-0.4, -0.2) is 42.2 Å². The van der Waals surface area contributed by atoms with Crippen molar-refractivity contribution in [3.05, 3.63) is 42.2 Å². The molecule has 0 aliphatic heterocycles. The number of anilines is 1. The molecule has 0 radical (unpaired) electrons. The maximum Gasteiger partial charge on any atom is 0.342 e. The summed E-state index contributed by atoms with van der Waals surface area (Å²) in [5.74, 6) is -1.20. The first-order valence-corrected chi connectivity index (χ1v) is 9.69. The average molecular weight is 394 g/mol. The average Bonchev–Trinajstić information content (AvgIpc) is 3.00. The number of esters is 1. The van der Waals surface area contributed by atoms with Gasteiger partial charge in [0.15, 0.2) is 6.10 Å². The predicted molar refractivity (Wildman–Crippen MR) is 98.6 cm³/mol. The summed E-state index contributed by atoms with van der Waals surface area (Å²) in [6.45, 7) is 4.88. The quantitative estimate of drug-likeness (QED) is 0.683. The minimum Gasteiger partial charge on any atom is -0.449 e. The molecule has 0 aliphatic rings. The summed E-state index contributed by atoms with van der Waals surface area (Å²) >= 11 is 0. The fourth-order valence-electron chi connectivity index (χ4n) is 2.15. The molecule has 2 aromatic rings. The third-order valence-electron chi connectivity index (χ3n) is 3.42. The number of benzene rings is 1. The van der Waals surface area contributed by atoms with Crippen molar-refractivity contribution >= 4 is 27.6 Å². The van der Waals surface area contributed by atoms with Crippen LogP contribution in [0.5, 0.6) is 0 Å². The fraction of sp³-hybridized carbons (Fsp3) is 0.353. The lowest BCUT2D eigenvalue weighted by molar-refractivity contribution is -0.123. The van der Waals surface area contributed by atoms with E-state index < -0.39 is 28.0 Å². The normalized spacial score (nSPS) is 12.6. The molecule has 146 valence electrons. The van der Waals surface area contributed by atoms with Crippen LogP contribution in [0.1, 0.15) is 31.1 Å². The third kappa shape index (κ3) is 5.63. The predicted octanol–water partition coefficient (Wildman–Crippen LogP) is 1.29. The number of carbonyl (C=O) groups is 2. The Morgan fingerprint density at radius 2 is 1.78 bits per heavy atom. The summed E-state index contributed by atoms with van der Waals surface area (Å²) in [7, 11) is -1.95. The number of ether oxygens (including phenoxy) is 1. The zero-order valence-corrected chi connectivity index (χ0v) is 16.3. The van der Waals surface area contributed by atoms with Gasteiger partial charge in [-0.3, -0.25) is 9.48 Å². The number of carbonyl (C=O) groups excluding carboxylic acids is 2. The largest absolute Gasteiger partial charge is 0.449 e. The van der Waals surface area contributed by atoms with Crippen LogP contribution in [0.2, 0.25) is 0 Å². The van der Waals surface area contributed by atoms with Crippen molar-refractivity contribution in [2.75, 3.05) is 5.32 Å². The van der Waals surface area contributed by atoms with Crippen molar-refractivity contribution in [1.82, 2.24) is 14.5 Å². The molecule has 0 saturated heterocycles. The molecule has 1 aromatic heterocycles. The van der Waals surface area contributed by atoms with Gasteiger partial charge in [0.1, 0.15) is 0 Å². The minimum absolute atomic E-state index is 0.0882. The molecule has 2 rings (SSSR count). The van der Waals surface area contributed by atoms with E-state index in [-0.39, 0.29) is 16.5 Å². The van der Waals surface area contributed by atoms with Crippen LogP contribution in [0, 0.1) is 0 Å². The number of nitrogens with zero attached hydrogens (tertiary/aromatic N) is 2. The SMILES string of the molecule is CC(C)NS(=O)(=O)c1ccc(NC(=O)C(C)OC(=O)c2cnn(C)c2)cc1. The first-order chi connectivity index (χ1) is 12.6. The van der Waals surface area contributed by atoms with Gasteiger partial charge >= 0.3 is 5.97 Å². The van der Waals surface area contributed by atoms with Gasteiger partial charge in [-0.1, -0.05) is 0 Å². The Hall–Kier alpha value is -2.72. The smallest absolute Gasteiger partial charge is 0.342 e. The van der Waals surface area contributed by atoms with E-state index in [0.29, 0.717) is 5.69 Å². The lowest BCUT2D eigenvalue weighted by Crippen LogP contribution is -2.30. The van der Waals surface area contributed by atoms with Gasteiger partial charge in [0.2, 0.25) is 10.0 Å². The second-order valence-electron chi connectivity index (χ2n) is 6.24. The second-order valence-corrected chi connectivity index (χ2v) is 7.95. The Morgan fingerprint density at radius 1 is 1.15 bits per heavy atom. The Kier molecular flexibility index (Phi) is 6.34. The molecular weight excluding hydrogens is 372 g/mol. The van der Waals surface area contributed by atoms with E-state index in [4.69, 9.17) is 4.74 Å². The monoisotopic (exact) mass is 394 g/mol. The van der Waals surface area contributed by atoms with Crippen molar-refractivity contribution in [3.8, 4) is 0 Å². The molecule has 0 fully saturated rings. The van der Waals surface area contributed by atoms with Crippen molar-refractivity contribution in [2.45, 2.75) is 37.8 Å². The third-order valence-corrected chi connectivity index (χ3v) is 5.09. The summed E-state index contributed by atoms with van der Waals surface area (Å²) in [5, 5.41) is 6.44. The topological polar surface area (TPSA) is 119 Å². The highest BCUT2D eigenvalue weighted by molar-refractivity contribution is 7.89. The Balaban J connectivity index is 1.98. The van der Waals surface area contributed by atoms with Gasteiger partial charge in [-0.15, -0.1) is 0 Å². The highest BCUT2D eigenvalue weighted by Gasteiger charge is 2.20. The molecule has 0 aliphatic carbocycles. The molecule has 1 amide bonds. The van der Waals surface area contributed by atoms with Gasteiger partial charge < -0.3 is 10.1 Å². The van der Waals surface area contributed by atoms with E-state index in [0.717, 1.165) is 0 Å². The number of hydrogen-bond acceptors (Lipinski definition) is 6. The summed E-state index contributed by atoms with van der Waals surface area (Å²) in [5.41, 5.74) is 0.622. The van der Waals surface area contributed by atoms with Crippen LogP contribution in [0.3, 0.4) is 0 Å². The molecule has 0 spiro atoms. The molecule has 1 aromatic carbocycles. The number of amides is 1. The maximum absolute atomic E-state index is 12.2. The van der Waals surface area contributed by atoms with Crippen LogP contribution < -0.4 is 10.0 Å². The fourth-order valence-corrected chi connectivity index (χ4v) is 3.40. The molecule has 0 bridgehead atoms. The molecule has 1 heterocycles. The number of aromatic nitrogens is 2. The zero-order valence-electron chi connectivity index (χ0n) is 15.5. The zero-order chi connectivity index (χ0) is 20.2. The molecule has 2 N–H and O–H groups in total. The highest BCUT2D eigenvalue weighted by Crippen LogP contribution is 2.15. The van der Waals surface area contributed by atoms with Gasteiger partial charge in [-0.05, 0) is 45.0 Å². The first-order valence-electron chi connectivity index (χ1n) is 8.21. The van der Waals surface area contributed by atoms with E-state index >= 15 is 0 Å². The summed E-state index contributed by atoms with van der Waals surface area (Å²) in [6, 6.07) is 5.45. The summed E-state index contributed by atoms with van der Waals surface area (Å²) in [4.78, 5) is 24.2. The van der Waals surface area contributed by atoms with Crippen molar-refractivity contribution < 1.29 is 22.7 Å². The summed E-state index contributed by atoms with van der Waals surface area (Å²) < 4.78 is 33.2. The lowest BCUT2D eigenvalue weighted by Gasteiger charge is -2.14. The number of rotatable bonds is 7. The number of nitrogens with one attached hydrogen (secondary N) is 2. The van der Waals surface area contributed by atoms with Crippen molar-refractivity contribution in [1.29, 1.82) is 0 Å². The molecule has 10 heteroatoms. The van der Waals surface area contributed by atoms with Gasteiger partial charge in [0, 0.05) is 25.0 Å². The van der Waals surface area contributed by atoms with Crippen LogP contribution >= 0.6 is 0 Å². The highest BCUT2D eigenvalue weighted by atomic mass is 32.2. The van der Waals surface area contributed by atoms with Crippen LogP contribution in [0.15, 0.2) is 41.6 Å². The number of sulfonamides is 1. The van der Waals surface area contributed by atoms with Crippen molar-refractivity contribution in [3.63, 3.8) is 0 Å². The van der Waals surface area contributed by atoms with E-state index in [1.165, 1.54) is 48.3 Å². The standard InChI is InChI=1S/C17H22N4O5S/c1-11(2)20-27(24,25)15-7-5-14(6-8-15)19-16(22)12(3)26-17(23)13-9-18-21(4)10-13/h5-12,20H,1-4H3,(H,19,22). The Bertz CT molecular complexity index is 919. The van der Waals surface area contributed by atoms with Gasteiger partial charge in [0.05, 0.1) is 16.7 Å². The van der Waals surface area contributed by atoms with Crippen LogP contribution in [0.25, 0.3) is 0 Å². The minimum atomic E-state index is -3.61. The molecule has 9 nitrogen and oxygen atoms in total. The van der Waals surface area contributed by atoms with Gasteiger partial charge in [-0.2, -0.15) is 5.10 Å². The second kappa shape index (κ2) is 8.31. The Morgan fingerprint density at radius 3 is 2.30 bits per heavy atom. The first kappa shape index (κ1) is 20.6. The number of aryl methyl sites for hydroxylation is 1. The molecule has 0 saturated carbocycles. The molecule has 27 heavy (non-hydrogen) atoms. The summed E-state index contributed by atoms with van der Waals surface area (Å²) in [6.07, 6.45) is 1.79. The van der Waals surface area contributed by atoms with E-state index in [2.05, 4.69) is 15.1 Å². The molecule has 1 unspecified atom stereocenters.